The molecule has 1 aliphatic heterocycles. The average Bonchev–Trinajstić information content (AvgIpc) is 2.72. The fourth-order valence-electron chi connectivity index (χ4n) is 1.99. The maximum absolute atomic E-state index is 12.0. The Balaban J connectivity index is 2.07. The number of hydrogen-bond donors (Lipinski definition) is 0. The van der Waals surface area contributed by atoms with Gasteiger partial charge in [-0.25, -0.2) is 4.98 Å². The number of hydrogen-bond acceptors (Lipinski definition) is 4. The van der Waals surface area contributed by atoms with E-state index in [4.69, 9.17) is 11.6 Å². The second-order valence-corrected chi connectivity index (χ2v) is 6.21. The summed E-state index contributed by atoms with van der Waals surface area (Å²) in [4.78, 5) is 28.8. The lowest BCUT2D eigenvalue weighted by Crippen LogP contribution is -2.25. The third-order valence-electron chi connectivity index (χ3n) is 3.02. The molecule has 19 heavy (non-hydrogen) atoms. The molecule has 1 unspecified atom stereocenters. The summed E-state index contributed by atoms with van der Waals surface area (Å²) in [6.07, 6.45) is 0.466. The van der Waals surface area contributed by atoms with Gasteiger partial charge in [0.2, 0.25) is 5.91 Å². The standard InChI is InChI=1S/C13H15ClN2O2S/c1-8-3-4-11(15-13(8)14)16-6-10(5-12(16)18)7-19-9(2)17/h3-4,10H,5-7H2,1-2H3. The molecule has 1 aromatic rings. The van der Waals surface area contributed by atoms with E-state index in [0.29, 0.717) is 29.7 Å². The summed E-state index contributed by atoms with van der Waals surface area (Å²) in [5, 5.41) is 0.509. The van der Waals surface area contributed by atoms with E-state index in [9.17, 15) is 9.59 Å². The van der Waals surface area contributed by atoms with Crippen LogP contribution in [0.3, 0.4) is 0 Å². The van der Waals surface area contributed by atoms with Gasteiger partial charge in [0.05, 0.1) is 0 Å². The van der Waals surface area contributed by atoms with E-state index in [0.717, 1.165) is 5.56 Å². The van der Waals surface area contributed by atoms with Crippen LogP contribution in [0, 0.1) is 12.8 Å². The molecule has 0 saturated carbocycles. The smallest absolute Gasteiger partial charge is 0.228 e. The molecule has 2 heterocycles. The fraction of sp³-hybridized carbons (Fsp3) is 0.462. The molecule has 1 atom stereocenters. The van der Waals surface area contributed by atoms with Crippen molar-refractivity contribution in [1.82, 2.24) is 4.98 Å². The lowest BCUT2D eigenvalue weighted by atomic mass is 10.1. The molecule has 0 radical (unpaired) electrons. The highest BCUT2D eigenvalue weighted by molar-refractivity contribution is 8.13. The Hall–Kier alpha value is -1.07. The highest BCUT2D eigenvalue weighted by Crippen LogP contribution is 2.27. The van der Waals surface area contributed by atoms with Crippen molar-refractivity contribution >= 4 is 40.2 Å². The molecular weight excluding hydrogens is 284 g/mol. The number of amides is 1. The molecule has 1 fully saturated rings. The van der Waals surface area contributed by atoms with Gasteiger partial charge in [-0.2, -0.15) is 0 Å². The van der Waals surface area contributed by atoms with Crippen LogP contribution in [-0.4, -0.2) is 28.3 Å². The minimum absolute atomic E-state index is 0.0431. The number of thioether (sulfide) groups is 1. The van der Waals surface area contributed by atoms with Gasteiger partial charge in [0.25, 0.3) is 0 Å². The van der Waals surface area contributed by atoms with Crippen LogP contribution >= 0.6 is 23.4 Å². The van der Waals surface area contributed by atoms with E-state index in [-0.39, 0.29) is 16.9 Å². The van der Waals surface area contributed by atoms with Crippen LogP contribution in [-0.2, 0) is 9.59 Å². The molecule has 2 rings (SSSR count). The maximum atomic E-state index is 12.0. The summed E-state index contributed by atoms with van der Waals surface area (Å²) in [5.74, 6) is 1.51. The topological polar surface area (TPSA) is 50.3 Å². The second kappa shape index (κ2) is 5.92. The van der Waals surface area contributed by atoms with Crippen LogP contribution in [0.25, 0.3) is 0 Å². The van der Waals surface area contributed by atoms with E-state index in [1.807, 2.05) is 13.0 Å². The van der Waals surface area contributed by atoms with Gasteiger partial charge >= 0.3 is 0 Å². The SMILES string of the molecule is CC(=O)SCC1CC(=O)N(c2ccc(C)c(Cl)n2)C1. The van der Waals surface area contributed by atoms with Gasteiger partial charge in [0.15, 0.2) is 5.12 Å². The summed E-state index contributed by atoms with van der Waals surface area (Å²) < 4.78 is 0. The van der Waals surface area contributed by atoms with Crippen molar-refractivity contribution in [1.29, 1.82) is 0 Å². The van der Waals surface area contributed by atoms with Crippen molar-refractivity contribution in [3.63, 3.8) is 0 Å². The fourth-order valence-corrected chi connectivity index (χ4v) is 2.84. The van der Waals surface area contributed by atoms with Crippen LogP contribution in [0.4, 0.5) is 5.82 Å². The van der Waals surface area contributed by atoms with Crippen molar-refractivity contribution in [2.45, 2.75) is 20.3 Å². The molecule has 0 N–H and O–H groups in total. The molecule has 102 valence electrons. The molecule has 1 saturated heterocycles. The summed E-state index contributed by atoms with van der Waals surface area (Å²) >= 11 is 7.25. The quantitative estimate of drug-likeness (QED) is 0.805. The summed E-state index contributed by atoms with van der Waals surface area (Å²) in [6.45, 7) is 4.02. The Morgan fingerprint density at radius 3 is 2.95 bits per heavy atom. The van der Waals surface area contributed by atoms with Gasteiger partial charge < -0.3 is 0 Å². The number of carbonyl (C=O) groups is 2. The minimum atomic E-state index is 0.0431. The van der Waals surface area contributed by atoms with E-state index < -0.39 is 0 Å². The molecule has 0 aromatic carbocycles. The molecule has 1 amide bonds. The van der Waals surface area contributed by atoms with Crippen molar-refractivity contribution in [3.05, 3.63) is 22.8 Å². The van der Waals surface area contributed by atoms with Crippen LogP contribution < -0.4 is 4.90 Å². The van der Waals surface area contributed by atoms with Crippen molar-refractivity contribution in [2.75, 3.05) is 17.2 Å². The van der Waals surface area contributed by atoms with Crippen molar-refractivity contribution in [3.8, 4) is 0 Å². The molecule has 0 aliphatic carbocycles. The van der Waals surface area contributed by atoms with Gasteiger partial charge in [-0.05, 0) is 24.5 Å². The summed E-state index contributed by atoms with van der Waals surface area (Å²) in [7, 11) is 0. The summed E-state index contributed by atoms with van der Waals surface area (Å²) in [5.41, 5.74) is 0.890. The van der Waals surface area contributed by atoms with Gasteiger partial charge in [-0.1, -0.05) is 29.4 Å². The number of pyridine rings is 1. The number of rotatable bonds is 3. The number of nitrogens with zero attached hydrogens (tertiary/aromatic N) is 2. The van der Waals surface area contributed by atoms with Gasteiger partial charge in [-0.15, -0.1) is 0 Å². The highest BCUT2D eigenvalue weighted by Gasteiger charge is 2.31. The van der Waals surface area contributed by atoms with E-state index in [1.54, 1.807) is 17.9 Å². The zero-order valence-corrected chi connectivity index (χ0v) is 12.4. The number of aryl methyl sites for hydroxylation is 1. The number of aromatic nitrogens is 1. The van der Waals surface area contributed by atoms with Gasteiger partial charge in [-0.3, -0.25) is 14.5 Å². The van der Waals surface area contributed by atoms with E-state index in [2.05, 4.69) is 4.98 Å². The first-order valence-electron chi connectivity index (χ1n) is 6.04. The Kier molecular flexibility index (Phi) is 4.47. The van der Waals surface area contributed by atoms with Gasteiger partial charge in [0, 0.05) is 25.6 Å². The molecule has 6 heteroatoms. The van der Waals surface area contributed by atoms with Crippen LogP contribution in [0.15, 0.2) is 12.1 Å². The Morgan fingerprint density at radius 1 is 1.58 bits per heavy atom. The first-order valence-corrected chi connectivity index (χ1v) is 7.40. The molecule has 0 bridgehead atoms. The molecule has 1 aromatic heterocycles. The van der Waals surface area contributed by atoms with Crippen molar-refractivity contribution < 1.29 is 9.59 Å². The molecular formula is C13H15ClN2O2S. The average molecular weight is 299 g/mol. The molecule has 4 nitrogen and oxygen atoms in total. The normalized spacial score (nSPS) is 19.0. The van der Waals surface area contributed by atoms with Crippen molar-refractivity contribution in [2.24, 2.45) is 5.92 Å². The maximum Gasteiger partial charge on any atom is 0.228 e. The highest BCUT2D eigenvalue weighted by atomic mass is 35.5. The van der Waals surface area contributed by atoms with E-state index >= 15 is 0 Å². The number of anilines is 1. The third-order valence-corrected chi connectivity index (χ3v) is 4.45. The van der Waals surface area contributed by atoms with E-state index in [1.165, 1.54) is 11.8 Å². The predicted molar refractivity (Wildman–Crippen MR) is 77.6 cm³/mol. The zero-order chi connectivity index (χ0) is 14.0. The Bertz CT molecular complexity index is 521. The number of halogens is 1. The van der Waals surface area contributed by atoms with Crippen LogP contribution in [0.1, 0.15) is 18.9 Å². The predicted octanol–water partition coefficient (Wildman–Crippen LogP) is 2.68. The Morgan fingerprint density at radius 2 is 2.32 bits per heavy atom. The lowest BCUT2D eigenvalue weighted by Gasteiger charge is -2.16. The molecule has 0 spiro atoms. The largest absolute Gasteiger partial charge is 0.296 e. The molecule has 1 aliphatic rings. The first kappa shape index (κ1) is 14.3. The van der Waals surface area contributed by atoms with Crippen LogP contribution in [0.2, 0.25) is 5.15 Å². The Labute approximate surface area is 121 Å². The minimum Gasteiger partial charge on any atom is -0.296 e. The lowest BCUT2D eigenvalue weighted by molar-refractivity contribution is -0.117. The zero-order valence-electron chi connectivity index (χ0n) is 10.9. The van der Waals surface area contributed by atoms with Crippen LogP contribution in [0.5, 0.6) is 0 Å². The number of carbonyl (C=O) groups excluding carboxylic acids is 2. The monoisotopic (exact) mass is 298 g/mol. The van der Waals surface area contributed by atoms with Gasteiger partial charge in [0.1, 0.15) is 11.0 Å². The second-order valence-electron chi connectivity index (χ2n) is 4.65. The summed E-state index contributed by atoms with van der Waals surface area (Å²) in [6, 6.07) is 3.66. The first-order chi connectivity index (χ1) is 8.97. The third kappa shape index (κ3) is 3.48.